The highest BCUT2D eigenvalue weighted by Crippen LogP contribution is 2.12. The first kappa shape index (κ1) is 10.7. The number of hydrogen-bond donors (Lipinski definition) is 0. The second kappa shape index (κ2) is 5.40. The van der Waals surface area contributed by atoms with Crippen molar-refractivity contribution in [1.82, 2.24) is 0 Å². The van der Waals surface area contributed by atoms with Crippen LogP contribution in [0.1, 0.15) is 12.5 Å². The highest BCUT2D eigenvalue weighted by molar-refractivity contribution is 5.69. The van der Waals surface area contributed by atoms with E-state index in [0.29, 0.717) is 12.4 Å². The van der Waals surface area contributed by atoms with Crippen molar-refractivity contribution < 1.29 is 14.3 Å². The predicted molar refractivity (Wildman–Crippen MR) is 53.3 cm³/mol. The third-order valence-corrected chi connectivity index (χ3v) is 1.78. The Labute approximate surface area is 83.6 Å². The minimum atomic E-state index is -0.297. The van der Waals surface area contributed by atoms with Crippen molar-refractivity contribution in [3.8, 4) is 5.75 Å². The lowest BCUT2D eigenvalue weighted by molar-refractivity contribution is -0.131. The molecule has 1 aromatic carbocycles. The molecule has 3 heteroatoms. The first-order valence-corrected chi connectivity index (χ1v) is 4.48. The third-order valence-electron chi connectivity index (χ3n) is 1.78. The van der Waals surface area contributed by atoms with Crippen LogP contribution in [0, 0.1) is 0 Å². The minimum absolute atomic E-state index is 0.297. The van der Waals surface area contributed by atoms with E-state index in [0.717, 1.165) is 6.42 Å². The molecule has 0 unspecified atom stereocenters. The molecule has 0 atom stereocenters. The van der Waals surface area contributed by atoms with E-state index in [1.807, 2.05) is 12.1 Å². The summed E-state index contributed by atoms with van der Waals surface area (Å²) in [6, 6.07) is 7.42. The van der Waals surface area contributed by atoms with Gasteiger partial charge in [-0.05, 0) is 24.1 Å². The van der Waals surface area contributed by atoms with E-state index in [2.05, 4.69) is 0 Å². The van der Waals surface area contributed by atoms with Crippen LogP contribution in [0.15, 0.2) is 24.3 Å². The van der Waals surface area contributed by atoms with E-state index in [4.69, 9.17) is 9.47 Å². The van der Waals surface area contributed by atoms with Gasteiger partial charge in [-0.15, -0.1) is 0 Å². The van der Waals surface area contributed by atoms with Crippen LogP contribution in [0.5, 0.6) is 5.75 Å². The second-order valence-corrected chi connectivity index (χ2v) is 2.98. The zero-order chi connectivity index (χ0) is 10.4. The van der Waals surface area contributed by atoms with Crippen LogP contribution in [-0.2, 0) is 16.0 Å². The highest BCUT2D eigenvalue weighted by atomic mass is 16.5. The summed E-state index contributed by atoms with van der Waals surface area (Å²) in [4.78, 5) is 10.6. The van der Waals surface area contributed by atoms with Gasteiger partial charge in [0, 0.05) is 14.0 Å². The van der Waals surface area contributed by atoms with Gasteiger partial charge in [-0.3, -0.25) is 4.79 Å². The topological polar surface area (TPSA) is 35.5 Å². The summed E-state index contributed by atoms with van der Waals surface area (Å²) in [6.45, 7) is 2.09. The molecule has 76 valence electrons. The van der Waals surface area contributed by atoms with Crippen molar-refractivity contribution in [2.24, 2.45) is 0 Å². The Balaban J connectivity index is 2.54. The van der Waals surface area contributed by atoms with Gasteiger partial charge in [0.05, 0.1) is 6.61 Å². The average Bonchev–Trinajstić information content (AvgIpc) is 2.16. The molecule has 0 aliphatic carbocycles. The summed E-state index contributed by atoms with van der Waals surface area (Å²) >= 11 is 0. The van der Waals surface area contributed by atoms with Crippen LogP contribution in [-0.4, -0.2) is 19.7 Å². The Morgan fingerprint density at radius 1 is 1.29 bits per heavy atom. The maximum Gasteiger partial charge on any atom is 0.308 e. The lowest BCUT2D eigenvalue weighted by Gasteiger charge is -2.03. The number of esters is 1. The normalized spacial score (nSPS) is 9.86. The molecule has 0 amide bonds. The van der Waals surface area contributed by atoms with Crippen molar-refractivity contribution in [2.45, 2.75) is 13.3 Å². The van der Waals surface area contributed by atoms with Crippen molar-refractivity contribution in [3.05, 3.63) is 29.8 Å². The molecular formula is C11H14O3. The minimum Gasteiger partial charge on any atom is -0.427 e. The fourth-order valence-electron chi connectivity index (χ4n) is 1.11. The number of methoxy groups -OCH3 is 1. The number of rotatable bonds is 4. The summed E-state index contributed by atoms with van der Waals surface area (Å²) in [6.07, 6.45) is 0.872. The van der Waals surface area contributed by atoms with Gasteiger partial charge >= 0.3 is 5.97 Å². The van der Waals surface area contributed by atoms with Gasteiger partial charge in [0.25, 0.3) is 0 Å². The van der Waals surface area contributed by atoms with Gasteiger partial charge in [-0.25, -0.2) is 0 Å². The maximum absolute atomic E-state index is 10.6. The molecular weight excluding hydrogens is 180 g/mol. The van der Waals surface area contributed by atoms with E-state index < -0.39 is 0 Å². The smallest absolute Gasteiger partial charge is 0.308 e. The monoisotopic (exact) mass is 194 g/mol. The van der Waals surface area contributed by atoms with Gasteiger partial charge in [0.15, 0.2) is 0 Å². The summed E-state index contributed by atoms with van der Waals surface area (Å²) in [5, 5.41) is 0. The lowest BCUT2D eigenvalue weighted by atomic mass is 10.1. The molecule has 0 heterocycles. The molecule has 0 spiro atoms. The van der Waals surface area contributed by atoms with E-state index in [9.17, 15) is 4.79 Å². The quantitative estimate of drug-likeness (QED) is 0.541. The molecule has 0 aliphatic rings. The van der Waals surface area contributed by atoms with Gasteiger partial charge in [0.2, 0.25) is 0 Å². The van der Waals surface area contributed by atoms with Crippen molar-refractivity contribution in [2.75, 3.05) is 13.7 Å². The number of carbonyl (C=O) groups excluding carboxylic acids is 1. The molecule has 0 N–H and O–H groups in total. The van der Waals surface area contributed by atoms with Crippen LogP contribution < -0.4 is 4.74 Å². The summed E-state index contributed by atoms with van der Waals surface area (Å²) < 4.78 is 9.86. The number of hydrogen-bond acceptors (Lipinski definition) is 3. The van der Waals surface area contributed by atoms with Crippen molar-refractivity contribution in [1.29, 1.82) is 0 Å². The first-order chi connectivity index (χ1) is 6.72. The Kier molecular flexibility index (Phi) is 4.13. The second-order valence-electron chi connectivity index (χ2n) is 2.98. The molecule has 0 saturated heterocycles. The molecule has 0 fully saturated rings. The van der Waals surface area contributed by atoms with Gasteiger partial charge in [0.1, 0.15) is 5.75 Å². The highest BCUT2D eigenvalue weighted by Gasteiger charge is 1.97. The zero-order valence-electron chi connectivity index (χ0n) is 8.45. The molecule has 0 radical (unpaired) electrons. The Morgan fingerprint density at radius 2 is 1.93 bits per heavy atom. The number of ether oxygens (including phenoxy) is 2. The van der Waals surface area contributed by atoms with Crippen LogP contribution in [0.4, 0.5) is 0 Å². The number of benzene rings is 1. The van der Waals surface area contributed by atoms with E-state index in [-0.39, 0.29) is 5.97 Å². The molecule has 14 heavy (non-hydrogen) atoms. The summed E-state index contributed by atoms with van der Waals surface area (Å²) in [7, 11) is 1.67. The standard InChI is InChI=1S/C11H14O3/c1-9(12)14-11-5-3-10(4-6-11)7-8-13-2/h3-6H,7-8H2,1-2H3. The van der Waals surface area contributed by atoms with Crippen LogP contribution >= 0.6 is 0 Å². The predicted octanol–water partition coefficient (Wildman–Crippen LogP) is 1.80. The fourth-order valence-corrected chi connectivity index (χ4v) is 1.11. The Morgan fingerprint density at radius 3 is 2.43 bits per heavy atom. The molecule has 0 saturated carbocycles. The van der Waals surface area contributed by atoms with E-state index >= 15 is 0 Å². The average molecular weight is 194 g/mol. The zero-order valence-corrected chi connectivity index (χ0v) is 8.45. The molecule has 0 aliphatic heterocycles. The van der Waals surface area contributed by atoms with Crippen molar-refractivity contribution >= 4 is 5.97 Å². The first-order valence-electron chi connectivity index (χ1n) is 4.48. The van der Waals surface area contributed by atoms with Gasteiger partial charge in [-0.2, -0.15) is 0 Å². The fraction of sp³-hybridized carbons (Fsp3) is 0.364. The van der Waals surface area contributed by atoms with E-state index in [1.165, 1.54) is 12.5 Å². The molecule has 1 rings (SSSR count). The molecule has 0 bridgehead atoms. The van der Waals surface area contributed by atoms with Crippen LogP contribution in [0.3, 0.4) is 0 Å². The number of carbonyl (C=O) groups is 1. The molecule has 3 nitrogen and oxygen atoms in total. The van der Waals surface area contributed by atoms with Gasteiger partial charge < -0.3 is 9.47 Å². The third kappa shape index (κ3) is 3.58. The summed E-state index contributed by atoms with van der Waals surface area (Å²) in [5.41, 5.74) is 1.17. The van der Waals surface area contributed by atoms with Crippen molar-refractivity contribution in [3.63, 3.8) is 0 Å². The molecule has 0 aromatic heterocycles. The van der Waals surface area contributed by atoms with Crippen LogP contribution in [0.25, 0.3) is 0 Å². The largest absolute Gasteiger partial charge is 0.427 e. The van der Waals surface area contributed by atoms with Crippen LogP contribution in [0.2, 0.25) is 0 Å². The van der Waals surface area contributed by atoms with Gasteiger partial charge in [-0.1, -0.05) is 12.1 Å². The summed E-state index contributed by atoms with van der Waals surface area (Å²) in [5.74, 6) is 0.285. The Hall–Kier alpha value is -1.35. The SMILES string of the molecule is COCCc1ccc(OC(C)=O)cc1. The lowest BCUT2D eigenvalue weighted by Crippen LogP contribution is -2.01. The van der Waals surface area contributed by atoms with E-state index in [1.54, 1.807) is 19.2 Å². The molecule has 1 aromatic rings. The Bertz CT molecular complexity index is 290. The maximum atomic E-state index is 10.6.